The van der Waals surface area contributed by atoms with Gasteiger partial charge in [-0.15, -0.1) is 0 Å². The van der Waals surface area contributed by atoms with E-state index in [0.29, 0.717) is 6.61 Å². The van der Waals surface area contributed by atoms with E-state index < -0.39 is 0 Å². The highest BCUT2D eigenvalue weighted by Gasteiger charge is 2.18. The molecular weight excluding hydrogens is 208 g/mol. The molecule has 0 saturated carbocycles. The average molecular weight is 234 g/mol. The molecule has 0 bridgehead atoms. The Morgan fingerprint density at radius 2 is 1.38 bits per heavy atom. The maximum Gasteiger partial charge on any atom is 0.119 e. The molecule has 16 heavy (non-hydrogen) atoms. The summed E-state index contributed by atoms with van der Waals surface area (Å²) in [5, 5.41) is 0. The molecule has 0 aromatic rings. The van der Waals surface area contributed by atoms with Crippen LogP contribution in [-0.2, 0) is 19.6 Å². The van der Waals surface area contributed by atoms with Gasteiger partial charge in [-0.05, 0) is 48.0 Å². The minimum atomic E-state index is -0.307. The molecule has 0 fully saturated rings. The van der Waals surface area contributed by atoms with Crippen LogP contribution in [0.3, 0.4) is 0 Å². The molecule has 0 N–H and O–H groups in total. The van der Waals surface area contributed by atoms with Gasteiger partial charge in [-0.3, -0.25) is 0 Å². The Morgan fingerprint density at radius 1 is 0.875 bits per heavy atom. The van der Waals surface area contributed by atoms with Crippen molar-refractivity contribution < 1.29 is 19.6 Å². The number of rotatable bonds is 6. The SMILES string of the molecule is CCC(COOC(C)(C)C)OOC(C)(C)C. The summed E-state index contributed by atoms with van der Waals surface area (Å²) < 4.78 is 0. The van der Waals surface area contributed by atoms with Crippen LogP contribution < -0.4 is 0 Å². The third-order valence-electron chi connectivity index (χ3n) is 1.45. The number of hydrogen-bond donors (Lipinski definition) is 0. The summed E-state index contributed by atoms with van der Waals surface area (Å²) in [7, 11) is 0. The van der Waals surface area contributed by atoms with Crippen LogP contribution in [0, 0.1) is 0 Å². The predicted molar refractivity (Wildman–Crippen MR) is 62.8 cm³/mol. The van der Waals surface area contributed by atoms with E-state index in [1.165, 1.54) is 0 Å². The van der Waals surface area contributed by atoms with Gasteiger partial charge in [0, 0.05) is 0 Å². The molecule has 0 heterocycles. The lowest BCUT2D eigenvalue weighted by molar-refractivity contribution is -0.409. The van der Waals surface area contributed by atoms with E-state index in [1.54, 1.807) is 0 Å². The molecule has 0 aliphatic rings. The second kappa shape index (κ2) is 6.55. The predicted octanol–water partition coefficient (Wildman–Crippen LogP) is 3.26. The van der Waals surface area contributed by atoms with Gasteiger partial charge in [-0.1, -0.05) is 6.92 Å². The molecule has 0 aromatic heterocycles. The lowest BCUT2D eigenvalue weighted by Gasteiger charge is -2.23. The zero-order chi connectivity index (χ0) is 12.8. The normalized spacial score (nSPS) is 15.2. The molecule has 0 aliphatic heterocycles. The van der Waals surface area contributed by atoms with E-state index in [2.05, 4.69) is 0 Å². The van der Waals surface area contributed by atoms with E-state index in [-0.39, 0.29) is 17.3 Å². The van der Waals surface area contributed by atoms with Gasteiger partial charge < -0.3 is 0 Å². The van der Waals surface area contributed by atoms with Crippen LogP contribution in [-0.4, -0.2) is 23.9 Å². The first kappa shape index (κ1) is 15.8. The molecule has 98 valence electrons. The fourth-order valence-electron chi connectivity index (χ4n) is 0.713. The summed E-state index contributed by atoms with van der Waals surface area (Å²) >= 11 is 0. The molecule has 4 heteroatoms. The second-order valence-corrected chi connectivity index (χ2v) is 5.80. The zero-order valence-corrected chi connectivity index (χ0v) is 11.6. The minimum absolute atomic E-state index is 0.110. The van der Waals surface area contributed by atoms with E-state index in [1.807, 2.05) is 48.5 Å². The minimum Gasteiger partial charge on any atom is -0.233 e. The van der Waals surface area contributed by atoms with Gasteiger partial charge in [-0.25, -0.2) is 19.6 Å². The molecule has 1 atom stereocenters. The van der Waals surface area contributed by atoms with Crippen LogP contribution in [0.25, 0.3) is 0 Å². The molecule has 0 aromatic carbocycles. The summed E-state index contributed by atoms with van der Waals surface area (Å²) in [6.07, 6.45) is 0.699. The van der Waals surface area contributed by atoms with Crippen molar-refractivity contribution in [3.63, 3.8) is 0 Å². The van der Waals surface area contributed by atoms with E-state index >= 15 is 0 Å². The Kier molecular flexibility index (Phi) is 6.48. The average Bonchev–Trinajstić information content (AvgIpc) is 2.07. The molecule has 0 saturated heterocycles. The van der Waals surface area contributed by atoms with Gasteiger partial charge in [0.2, 0.25) is 0 Å². The number of hydrogen-bond acceptors (Lipinski definition) is 4. The lowest BCUT2D eigenvalue weighted by atomic mass is 10.2. The molecule has 4 nitrogen and oxygen atoms in total. The lowest BCUT2D eigenvalue weighted by Crippen LogP contribution is -2.28. The molecule has 0 radical (unpaired) electrons. The van der Waals surface area contributed by atoms with Crippen molar-refractivity contribution in [3.05, 3.63) is 0 Å². The van der Waals surface area contributed by atoms with Crippen LogP contribution in [0.4, 0.5) is 0 Å². The van der Waals surface area contributed by atoms with Crippen molar-refractivity contribution >= 4 is 0 Å². The fourth-order valence-corrected chi connectivity index (χ4v) is 0.713. The van der Waals surface area contributed by atoms with Crippen LogP contribution in [0.2, 0.25) is 0 Å². The fraction of sp³-hybridized carbons (Fsp3) is 1.00. The maximum absolute atomic E-state index is 5.27. The Bertz CT molecular complexity index is 178. The summed E-state index contributed by atoms with van der Waals surface area (Å²) in [5.41, 5.74) is -0.610. The molecule has 1 unspecified atom stereocenters. The van der Waals surface area contributed by atoms with Crippen LogP contribution >= 0.6 is 0 Å². The molecular formula is C12H26O4. The molecule has 0 amide bonds. The van der Waals surface area contributed by atoms with Crippen molar-refractivity contribution in [2.75, 3.05) is 6.61 Å². The van der Waals surface area contributed by atoms with Crippen LogP contribution in [0.1, 0.15) is 54.9 Å². The maximum atomic E-state index is 5.27. The third kappa shape index (κ3) is 10.4. The Hall–Kier alpha value is -0.160. The largest absolute Gasteiger partial charge is 0.233 e. The van der Waals surface area contributed by atoms with Crippen molar-refractivity contribution in [3.8, 4) is 0 Å². The van der Waals surface area contributed by atoms with Crippen molar-refractivity contribution in [1.29, 1.82) is 0 Å². The first-order valence-corrected chi connectivity index (χ1v) is 5.79. The molecule has 0 aliphatic carbocycles. The van der Waals surface area contributed by atoms with E-state index in [9.17, 15) is 0 Å². The van der Waals surface area contributed by atoms with Gasteiger partial charge in [0.1, 0.15) is 12.7 Å². The van der Waals surface area contributed by atoms with Crippen molar-refractivity contribution in [2.45, 2.75) is 72.2 Å². The Balaban J connectivity index is 3.76. The van der Waals surface area contributed by atoms with Crippen LogP contribution in [0.15, 0.2) is 0 Å². The highest BCUT2D eigenvalue weighted by molar-refractivity contribution is 4.57. The van der Waals surface area contributed by atoms with Gasteiger partial charge in [-0.2, -0.15) is 0 Å². The van der Waals surface area contributed by atoms with Crippen molar-refractivity contribution in [2.24, 2.45) is 0 Å². The monoisotopic (exact) mass is 234 g/mol. The topological polar surface area (TPSA) is 36.9 Å². The summed E-state index contributed by atoms with van der Waals surface area (Å²) in [6.45, 7) is 14.0. The van der Waals surface area contributed by atoms with Gasteiger partial charge in [0.05, 0.1) is 11.2 Å². The van der Waals surface area contributed by atoms with E-state index in [0.717, 1.165) is 6.42 Å². The van der Waals surface area contributed by atoms with Gasteiger partial charge in [0.15, 0.2) is 0 Å². The summed E-state index contributed by atoms with van der Waals surface area (Å²) in [6, 6.07) is 0. The highest BCUT2D eigenvalue weighted by Crippen LogP contribution is 2.12. The molecule has 0 rings (SSSR count). The molecule has 0 spiro atoms. The third-order valence-corrected chi connectivity index (χ3v) is 1.45. The van der Waals surface area contributed by atoms with E-state index in [4.69, 9.17) is 19.6 Å². The van der Waals surface area contributed by atoms with Gasteiger partial charge >= 0.3 is 0 Å². The smallest absolute Gasteiger partial charge is 0.119 e. The quantitative estimate of drug-likeness (QED) is 0.522. The van der Waals surface area contributed by atoms with Crippen LogP contribution in [0.5, 0.6) is 0 Å². The van der Waals surface area contributed by atoms with Gasteiger partial charge in [0.25, 0.3) is 0 Å². The standard InChI is InChI=1S/C12H26O4/c1-8-10(14-16-12(5,6)7)9-13-15-11(2,3)4/h10H,8-9H2,1-7H3. The Labute approximate surface area is 99.1 Å². The van der Waals surface area contributed by atoms with Crippen molar-refractivity contribution in [1.82, 2.24) is 0 Å². The summed E-state index contributed by atoms with van der Waals surface area (Å²) in [5.74, 6) is 0. The zero-order valence-electron chi connectivity index (χ0n) is 11.6. The summed E-state index contributed by atoms with van der Waals surface area (Å²) in [4.78, 5) is 20.8. The first-order valence-electron chi connectivity index (χ1n) is 5.79. The first-order chi connectivity index (χ1) is 7.14. The second-order valence-electron chi connectivity index (χ2n) is 5.80. The highest BCUT2D eigenvalue weighted by atomic mass is 17.2. The Morgan fingerprint density at radius 3 is 1.75 bits per heavy atom.